The van der Waals surface area contributed by atoms with E-state index in [0.717, 1.165) is 11.1 Å². The second kappa shape index (κ2) is 8.72. The molecule has 2 atom stereocenters. The van der Waals surface area contributed by atoms with Crippen molar-refractivity contribution in [2.24, 2.45) is 0 Å². The van der Waals surface area contributed by atoms with Crippen LogP contribution in [0.15, 0.2) is 48.5 Å². The van der Waals surface area contributed by atoms with Crippen molar-refractivity contribution in [3.05, 3.63) is 64.7 Å². The van der Waals surface area contributed by atoms with Crippen molar-refractivity contribution in [2.75, 3.05) is 12.4 Å². The van der Waals surface area contributed by atoms with Crippen molar-refractivity contribution in [1.82, 2.24) is 10.2 Å². The van der Waals surface area contributed by atoms with E-state index in [1.54, 1.807) is 11.9 Å². The van der Waals surface area contributed by atoms with Crippen molar-refractivity contribution >= 4 is 29.2 Å². The second-order valence-electron chi connectivity index (χ2n) is 6.29. The molecule has 0 saturated carbocycles. The van der Waals surface area contributed by atoms with Crippen LogP contribution in [-0.2, 0) is 4.79 Å². The van der Waals surface area contributed by atoms with Gasteiger partial charge < -0.3 is 15.5 Å². The van der Waals surface area contributed by atoms with Crippen LogP contribution < -0.4 is 10.6 Å². The number of hydrogen-bond acceptors (Lipinski definition) is 2. The van der Waals surface area contributed by atoms with Gasteiger partial charge in [0.2, 0.25) is 5.91 Å². The molecular weight excluding hydrogens is 350 g/mol. The third-order valence-electron chi connectivity index (χ3n) is 4.30. The Hall–Kier alpha value is -2.53. The quantitative estimate of drug-likeness (QED) is 0.793. The van der Waals surface area contributed by atoms with Crippen LogP contribution in [-0.4, -0.2) is 23.9 Å². The van der Waals surface area contributed by atoms with E-state index in [1.807, 2.05) is 62.4 Å². The van der Waals surface area contributed by atoms with E-state index in [-0.39, 0.29) is 24.0 Å². The molecular formula is C20H24ClN3O2. The van der Waals surface area contributed by atoms with Gasteiger partial charge in [0.15, 0.2) is 0 Å². The molecule has 3 amide bonds. The summed E-state index contributed by atoms with van der Waals surface area (Å²) < 4.78 is 0. The van der Waals surface area contributed by atoms with E-state index in [1.165, 1.54) is 6.92 Å². The summed E-state index contributed by atoms with van der Waals surface area (Å²) in [6, 6.07) is 14.3. The first-order valence-electron chi connectivity index (χ1n) is 8.45. The van der Waals surface area contributed by atoms with E-state index >= 15 is 0 Å². The fraction of sp³-hybridized carbons (Fsp3) is 0.300. The first-order valence-corrected chi connectivity index (χ1v) is 8.82. The average molecular weight is 374 g/mol. The Morgan fingerprint density at radius 3 is 2.42 bits per heavy atom. The predicted octanol–water partition coefficient (Wildman–Crippen LogP) is 4.76. The van der Waals surface area contributed by atoms with Crippen molar-refractivity contribution < 1.29 is 9.59 Å². The molecule has 0 aliphatic heterocycles. The summed E-state index contributed by atoms with van der Waals surface area (Å²) in [5.41, 5.74) is 2.50. The maximum absolute atomic E-state index is 12.6. The van der Waals surface area contributed by atoms with Gasteiger partial charge in [0, 0.05) is 24.7 Å². The van der Waals surface area contributed by atoms with Gasteiger partial charge in [0.25, 0.3) is 0 Å². The topological polar surface area (TPSA) is 61.4 Å². The second-order valence-corrected chi connectivity index (χ2v) is 6.69. The smallest absolute Gasteiger partial charge is 0.318 e. The third kappa shape index (κ3) is 4.99. The van der Waals surface area contributed by atoms with Crippen molar-refractivity contribution in [3.8, 4) is 0 Å². The Balaban J connectivity index is 2.06. The molecule has 2 N–H and O–H groups in total. The lowest BCUT2D eigenvalue weighted by Gasteiger charge is -2.28. The fourth-order valence-electron chi connectivity index (χ4n) is 2.66. The maximum Gasteiger partial charge on any atom is 0.318 e. The molecule has 2 aromatic carbocycles. The molecule has 0 heterocycles. The number of amides is 3. The number of carbonyl (C=O) groups is 2. The van der Waals surface area contributed by atoms with E-state index in [4.69, 9.17) is 11.6 Å². The summed E-state index contributed by atoms with van der Waals surface area (Å²) in [6.07, 6.45) is 0. The molecule has 0 radical (unpaired) electrons. The number of nitrogens with one attached hydrogen (secondary N) is 2. The Morgan fingerprint density at radius 1 is 1.08 bits per heavy atom. The normalized spacial score (nSPS) is 12.8. The van der Waals surface area contributed by atoms with Crippen molar-refractivity contribution in [1.29, 1.82) is 0 Å². The fourth-order valence-corrected chi connectivity index (χ4v) is 2.95. The number of benzene rings is 2. The minimum atomic E-state index is -0.211. The lowest BCUT2D eigenvalue weighted by molar-refractivity contribution is -0.114. The zero-order valence-corrected chi connectivity index (χ0v) is 16.2. The van der Waals surface area contributed by atoms with Gasteiger partial charge in [-0.15, -0.1) is 0 Å². The number of anilines is 1. The molecule has 0 aliphatic rings. The van der Waals surface area contributed by atoms with Gasteiger partial charge in [0.05, 0.1) is 12.1 Å². The number of hydrogen-bond donors (Lipinski definition) is 2. The summed E-state index contributed by atoms with van der Waals surface area (Å²) in [5, 5.41) is 6.36. The standard InChI is InChI=1S/C20H24ClN3O2/c1-13(16-8-7-9-17(12-16)23-15(3)25)22-20(26)24(4)14(2)18-10-5-6-11-19(18)21/h5-14H,1-4H3,(H,22,26)(H,23,25). The molecule has 2 unspecified atom stereocenters. The van der Waals surface area contributed by atoms with Gasteiger partial charge in [-0.1, -0.05) is 41.9 Å². The van der Waals surface area contributed by atoms with Crippen LogP contribution >= 0.6 is 11.6 Å². The number of carbonyl (C=O) groups excluding carboxylic acids is 2. The van der Waals surface area contributed by atoms with Gasteiger partial charge >= 0.3 is 6.03 Å². The summed E-state index contributed by atoms with van der Waals surface area (Å²) in [7, 11) is 1.74. The highest BCUT2D eigenvalue weighted by molar-refractivity contribution is 6.31. The molecule has 0 saturated heterocycles. The SMILES string of the molecule is CC(=O)Nc1cccc(C(C)NC(=O)N(C)C(C)c2ccccc2Cl)c1. The Morgan fingerprint density at radius 2 is 1.77 bits per heavy atom. The molecule has 2 aromatic rings. The van der Waals surface area contributed by atoms with Gasteiger partial charge in [-0.3, -0.25) is 4.79 Å². The molecule has 0 spiro atoms. The van der Waals surface area contributed by atoms with Gasteiger partial charge in [-0.2, -0.15) is 0 Å². The van der Waals surface area contributed by atoms with E-state index < -0.39 is 0 Å². The molecule has 5 nitrogen and oxygen atoms in total. The molecule has 0 aliphatic carbocycles. The zero-order chi connectivity index (χ0) is 19.3. The number of halogens is 1. The van der Waals surface area contributed by atoms with Crippen LogP contribution in [0.4, 0.5) is 10.5 Å². The predicted molar refractivity (Wildman–Crippen MR) is 105 cm³/mol. The molecule has 0 aromatic heterocycles. The number of nitrogens with zero attached hydrogens (tertiary/aromatic N) is 1. The monoisotopic (exact) mass is 373 g/mol. The number of rotatable bonds is 5. The summed E-state index contributed by atoms with van der Waals surface area (Å²) >= 11 is 6.24. The lowest BCUT2D eigenvalue weighted by atomic mass is 10.1. The Labute approximate surface area is 159 Å². The molecule has 26 heavy (non-hydrogen) atoms. The highest BCUT2D eigenvalue weighted by Crippen LogP contribution is 2.26. The average Bonchev–Trinajstić information content (AvgIpc) is 2.60. The van der Waals surface area contributed by atoms with Gasteiger partial charge in [-0.25, -0.2) is 4.79 Å². The Kier molecular flexibility index (Phi) is 6.64. The summed E-state index contributed by atoms with van der Waals surface area (Å²) in [5.74, 6) is -0.132. The molecule has 0 bridgehead atoms. The zero-order valence-electron chi connectivity index (χ0n) is 15.4. The van der Waals surface area contributed by atoms with Crippen LogP contribution in [0.2, 0.25) is 5.02 Å². The summed E-state index contributed by atoms with van der Waals surface area (Å²) in [6.45, 7) is 5.30. The Bertz CT molecular complexity index is 794. The maximum atomic E-state index is 12.6. The molecule has 0 fully saturated rings. The van der Waals surface area contributed by atoms with Crippen LogP contribution in [0, 0.1) is 0 Å². The minimum absolute atomic E-state index is 0.132. The van der Waals surface area contributed by atoms with E-state index in [0.29, 0.717) is 10.7 Å². The van der Waals surface area contributed by atoms with Gasteiger partial charge in [0.1, 0.15) is 0 Å². The highest BCUT2D eigenvalue weighted by atomic mass is 35.5. The van der Waals surface area contributed by atoms with Crippen LogP contribution in [0.1, 0.15) is 44.0 Å². The van der Waals surface area contributed by atoms with E-state index in [9.17, 15) is 9.59 Å². The lowest BCUT2D eigenvalue weighted by Crippen LogP contribution is -2.40. The van der Waals surface area contributed by atoms with Crippen LogP contribution in [0.3, 0.4) is 0 Å². The third-order valence-corrected chi connectivity index (χ3v) is 4.65. The van der Waals surface area contributed by atoms with Crippen molar-refractivity contribution in [2.45, 2.75) is 32.9 Å². The van der Waals surface area contributed by atoms with Gasteiger partial charge in [-0.05, 0) is 43.2 Å². The van der Waals surface area contributed by atoms with Crippen LogP contribution in [0.5, 0.6) is 0 Å². The minimum Gasteiger partial charge on any atom is -0.331 e. The number of urea groups is 1. The molecule has 138 valence electrons. The van der Waals surface area contributed by atoms with E-state index in [2.05, 4.69) is 10.6 Å². The summed E-state index contributed by atoms with van der Waals surface area (Å²) in [4.78, 5) is 25.4. The molecule has 2 rings (SSSR count). The largest absolute Gasteiger partial charge is 0.331 e. The molecule has 6 heteroatoms. The first kappa shape index (κ1) is 19.8. The highest BCUT2D eigenvalue weighted by Gasteiger charge is 2.21. The van der Waals surface area contributed by atoms with Crippen molar-refractivity contribution in [3.63, 3.8) is 0 Å². The first-order chi connectivity index (χ1) is 12.3. The van der Waals surface area contributed by atoms with Crippen LogP contribution in [0.25, 0.3) is 0 Å².